The minimum atomic E-state index is -2.44. The van der Waals surface area contributed by atoms with Crippen LogP contribution in [0.2, 0.25) is 17.3 Å². The summed E-state index contributed by atoms with van der Waals surface area (Å²) in [6.45, 7) is 2.13. The second kappa shape index (κ2) is 8.61. The SMILES string of the molecule is Cc1ccc2c(oc3c(-c4ccc5ccccc5c4)c(C#N)[c]([Ge]([CH3])([CH3])[CH3])cc32)c1-c1cccc[n+]1C. The first-order valence-corrected chi connectivity index (χ1v) is 20.0. The van der Waals surface area contributed by atoms with E-state index in [0.29, 0.717) is 0 Å². The summed E-state index contributed by atoms with van der Waals surface area (Å²) in [4.78, 5) is 0. The first kappa shape index (κ1) is 23.5. The molecule has 2 aromatic heterocycles. The summed E-state index contributed by atoms with van der Waals surface area (Å²) < 4.78 is 10.2. The van der Waals surface area contributed by atoms with Crippen molar-refractivity contribution >= 4 is 50.4 Å². The molecule has 0 saturated heterocycles. The summed E-state index contributed by atoms with van der Waals surface area (Å²) in [6.07, 6.45) is 2.07. The van der Waals surface area contributed by atoms with Gasteiger partial charge in [0.25, 0.3) is 0 Å². The summed E-state index contributed by atoms with van der Waals surface area (Å²) in [5, 5.41) is 15.0. The Morgan fingerprint density at radius 1 is 0.784 bits per heavy atom. The molecule has 2 heterocycles. The second-order valence-electron chi connectivity index (χ2n) is 10.9. The van der Waals surface area contributed by atoms with E-state index in [4.69, 9.17) is 4.42 Å². The van der Waals surface area contributed by atoms with Gasteiger partial charge in [-0.1, -0.05) is 0 Å². The van der Waals surface area contributed by atoms with Gasteiger partial charge in [0.1, 0.15) is 0 Å². The van der Waals surface area contributed by atoms with Crippen LogP contribution in [0.3, 0.4) is 0 Å². The van der Waals surface area contributed by atoms with Gasteiger partial charge >= 0.3 is 220 Å². The van der Waals surface area contributed by atoms with Crippen molar-refractivity contribution in [3.63, 3.8) is 0 Å². The monoisotopic (exact) mass is 543 g/mol. The van der Waals surface area contributed by atoms with Gasteiger partial charge < -0.3 is 0 Å². The van der Waals surface area contributed by atoms with Crippen LogP contribution in [0.1, 0.15) is 11.1 Å². The molecular weight excluding hydrogens is 513 g/mol. The van der Waals surface area contributed by atoms with Crippen molar-refractivity contribution in [2.75, 3.05) is 0 Å². The van der Waals surface area contributed by atoms with E-state index in [0.717, 1.165) is 60.8 Å². The van der Waals surface area contributed by atoms with Crippen LogP contribution >= 0.6 is 0 Å². The topological polar surface area (TPSA) is 40.8 Å². The fourth-order valence-corrected chi connectivity index (χ4v) is 8.67. The van der Waals surface area contributed by atoms with Crippen LogP contribution in [-0.2, 0) is 7.05 Å². The first-order valence-electron chi connectivity index (χ1n) is 12.7. The van der Waals surface area contributed by atoms with E-state index in [1.54, 1.807) is 0 Å². The van der Waals surface area contributed by atoms with Crippen LogP contribution in [0.4, 0.5) is 0 Å². The Labute approximate surface area is 219 Å². The zero-order valence-corrected chi connectivity index (χ0v) is 24.0. The molecular formula is C33H29GeN2O+. The number of pyridine rings is 1. The van der Waals surface area contributed by atoms with Crippen LogP contribution in [0.5, 0.6) is 0 Å². The summed E-state index contributed by atoms with van der Waals surface area (Å²) in [5.74, 6) is 7.07. The van der Waals surface area contributed by atoms with Gasteiger partial charge in [-0.3, -0.25) is 0 Å². The van der Waals surface area contributed by atoms with E-state index in [2.05, 4.69) is 121 Å². The minimum absolute atomic E-state index is 0.762. The van der Waals surface area contributed by atoms with Crippen LogP contribution in [0.25, 0.3) is 55.1 Å². The molecule has 37 heavy (non-hydrogen) atoms. The molecule has 3 nitrogen and oxygen atoms in total. The Hall–Kier alpha value is -3.88. The number of nitriles is 1. The number of fused-ring (bicyclic) bond motifs is 4. The fraction of sp³-hybridized carbons (Fsp3) is 0.152. The number of benzene rings is 4. The van der Waals surface area contributed by atoms with Gasteiger partial charge in [-0.25, -0.2) is 0 Å². The van der Waals surface area contributed by atoms with Gasteiger partial charge in [-0.05, 0) is 0 Å². The standard InChI is InChI=1S/C33H29GeN2O/c1-21-13-16-25-26-19-28(34(2,3)4)27(20-35)31(24-15-14-22-10-6-7-11-23(22)18-24)33(26)37-32(25)30(21)29-12-8-9-17-36(29)5/h6-19H,1-5H3/q+1. The molecule has 0 N–H and O–H groups in total. The maximum atomic E-state index is 10.5. The van der Waals surface area contributed by atoms with Gasteiger partial charge in [0, 0.05) is 0 Å². The third-order valence-electron chi connectivity index (χ3n) is 7.41. The molecule has 0 bridgehead atoms. The van der Waals surface area contributed by atoms with E-state index in [9.17, 15) is 5.26 Å². The molecule has 0 fully saturated rings. The zero-order chi connectivity index (χ0) is 25.9. The van der Waals surface area contributed by atoms with Gasteiger partial charge in [0.15, 0.2) is 0 Å². The summed E-state index contributed by atoms with van der Waals surface area (Å²) >= 11 is -2.44. The Kier molecular flexibility index (Phi) is 5.47. The molecule has 0 amide bonds. The van der Waals surface area contributed by atoms with Gasteiger partial charge in [-0.2, -0.15) is 0 Å². The molecule has 4 heteroatoms. The Bertz CT molecular complexity index is 1900. The Balaban J connectivity index is 1.80. The van der Waals surface area contributed by atoms with Crippen LogP contribution in [0.15, 0.2) is 89.5 Å². The van der Waals surface area contributed by atoms with Gasteiger partial charge in [0.05, 0.1) is 0 Å². The van der Waals surface area contributed by atoms with Crippen molar-refractivity contribution in [1.29, 1.82) is 5.26 Å². The van der Waals surface area contributed by atoms with Crippen LogP contribution in [-0.4, -0.2) is 13.3 Å². The second-order valence-corrected chi connectivity index (χ2v) is 21.5. The molecule has 0 atom stereocenters. The average Bonchev–Trinajstić information content (AvgIpc) is 3.25. The number of hydrogen-bond donors (Lipinski definition) is 0. The predicted molar refractivity (Wildman–Crippen MR) is 156 cm³/mol. The predicted octanol–water partition coefficient (Wildman–Crippen LogP) is 7.62. The molecule has 0 radical (unpaired) electrons. The van der Waals surface area contributed by atoms with Crippen LogP contribution < -0.4 is 8.96 Å². The molecule has 0 saturated carbocycles. The average molecular weight is 542 g/mol. The van der Waals surface area contributed by atoms with E-state index in [1.807, 2.05) is 6.07 Å². The quantitative estimate of drug-likeness (QED) is 0.171. The normalized spacial score (nSPS) is 11.9. The fourth-order valence-electron chi connectivity index (χ4n) is 5.50. The number of rotatable bonds is 3. The number of hydrogen-bond acceptors (Lipinski definition) is 2. The van der Waals surface area contributed by atoms with E-state index < -0.39 is 13.3 Å². The Morgan fingerprint density at radius 3 is 2.24 bits per heavy atom. The van der Waals surface area contributed by atoms with E-state index in [1.165, 1.54) is 9.78 Å². The molecule has 0 aliphatic rings. The van der Waals surface area contributed by atoms with Crippen molar-refractivity contribution in [2.45, 2.75) is 24.2 Å². The molecule has 180 valence electrons. The number of aryl methyl sites for hydroxylation is 2. The van der Waals surface area contributed by atoms with E-state index >= 15 is 0 Å². The van der Waals surface area contributed by atoms with Crippen molar-refractivity contribution in [3.05, 3.63) is 96.2 Å². The van der Waals surface area contributed by atoms with Gasteiger partial charge in [0.2, 0.25) is 0 Å². The van der Waals surface area contributed by atoms with Crippen molar-refractivity contribution in [1.82, 2.24) is 0 Å². The number of furan rings is 1. The molecule has 6 aromatic rings. The maximum absolute atomic E-state index is 10.5. The van der Waals surface area contributed by atoms with Crippen molar-refractivity contribution in [3.8, 4) is 28.5 Å². The number of aromatic nitrogens is 1. The van der Waals surface area contributed by atoms with Crippen molar-refractivity contribution in [2.24, 2.45) is 7.05 Å². The molecule has 0 spiro atoms. The zero-order valence-electron chi connectivity index (χ0n) is 21.9. The Morgan fingerprint density at radius 2 is 1.51 bits per heavy atom. The summed E-state index contributed by atoms with van der Waals surface area (Å²) in [6, 6.07) is 30.3. The number of nitrogens with zero attached hydrogens (tertiary/aromatic N) is 2. The molecule has 6 rings (SSSR count). The molecule has 0 aliphatic carbocycles. The third-order valence-corrected chi connectivity index (χ3v) is 11.6. The molecule has 4 aromatic carbocycles. The summed E-state index contributed by atoms with van der Waals surface area (Å²) in [7, 11) is 2.07. The molecule has 0 aliphatic heterocycles. The first-order chi connectivity index (χ1) is 17.8. The van der Waals surface area contributed by atoms with Gasteiger partial charge in [-0.15, -0.1) is 0 Å². The van der Waals surface area contributed by atoms with E-state index in [-0.39, 0.29) is 0 Å². The van der Waals surface area contributed by atoms with Crippen LogP contribution in [0, 0.1) is 18.3 Å². The summed E-state index contributed by atoms with van der Waals surface area (Å²) in [5.41, 5.74) is 7.73. The molecule has 0 unspecified atom stereocenters. The van der Waals surface area contributed by atoms with Crippen molar-refractivity contribution < 1.29 is 8.98 Å². The third kappa shape index (κ3) is 3.75.